The average Bonchev–Trinajstić information content (AvgIpc) is 2.39. The zero-order valence-electron chi connectivity index (χ0n) is 17.6. The van der Waals surface area contributed by atoms with Gasteiger partial charge in [0.25, 0.3) is 0 Å². The van der Waals surface area contributed by atoms with Gasteiger partial charge >= 0.3 is 21.7 Å². The Morgan fingerprint density at radius 1 is 0.400 bits per heavy atom. The minimum Gasteiger partial charge on any atom is -0.854 e. The predicted molar refractivity (Wildman–Crippen MR) is 93.7 cm³/mol. The summed E-state index contributed by atoms with van der Waals surface area (Å²) in [4.78, 5) is 7.47. The van der Waals surface area contributed by atoms with E-state index < -0.39 is 0 Å². The van der Waals surface area contributed by atoms with Crippen LogP contribution in [0.2, 0.25) is 0 Å². The molecule has 0 aromatic carbocycles. The third kappa shape index (κ3) is 79.6. The van der Waals surface area contributed by atoms with Gasteiger partial charge in [-0.1, -0.05) is 0 Å². The Morgan fingerprint density at radius 3 is 0.520 bits per heavy atom. The van der Waals surface area contributed by atoms with E-state index in [0.29, 0.717) is 26.2 Å². The van der Waals surface area contributed by atoms with Gasteiger partial charge in [-0.3, -0.25) is 0 Å². The summed E-state index contributed by atoms with van der Waals surface area (Å²) in [5.41, 5.74) is 0. The van der Waals surface area contributed by atoms with Gasteiger partial charge in [-0.15, -0.1) is 26.4 Å². The van der Waals surface area contributed by atoms with E-state index in [1.807, 2.05) is 76.0 Å². The minimum absolute atomic E-state index is 0. The summed E-state index contributed by atoms with van der Waals surface area (Å²) in [6.45, 7) is 2.64. The van der Waals surface area contributed by atoms with E-state index in [-0.39, 0.29) is 48.1 Å². The van der Waals surface area contributed by atoms with Gasteiger partial charge in [-0.05, 0) is 82.6 Å². The molecule has 0 radical (unpaired) electrons. The molecule has 0 rings (SSSR count). The van der Waals surface area contributed by atoms with E-state index in [2.05, 4.69) is 0 Å². The molecule has 0 atom stereocenters. The van der Waals surface area contributed by atoms with Crippen molar-refractivity contribution in [1.29, 1.82) is 0 Å². The molecular formula is C16H40N4O4Ti. The molecule has 8 nitrogen and oxygen atoms in total. The Morgan fingerprint density at radius 2 is 0.520 bits per heavy atom. The van der Waals surface area contributed by atoms with Crippen molar-refractivity contribution in [2.45, 2.75) is 0 Å². The molecule has 0 aliphatic carbocycles. The third-order valence-corrected chi connectivity index (χ3v) is 2.15. The first-order valence-corrected chi connectivity index (χ1v) is 8.00. The van der Waals surface area contributed by atoms with Crippen LogP contribution in [0, 0.1) is 0 Å². The maximum absolute atomic E-state index is 9.70. The molecule has 0 aromatic heterocycles. The van der Waals surface area contributed by atoms with Crippen molar-refractivity contribution in [2.75, 3.05) is 109 Å². The fraction of sp³-hybridized carbons (Fsp3) is 1.00. The number of rotatable bonds is 8. The predicted octanol–water partition coefficient (Wildman–Crippen LogP) is -4.37. The summed E-state index contributed by atoms with van der Waals surface area (Å²) in [6, 6.07) is 0. The van der Waals surface area contributed by atoms with E-state index >= 15 is 0 Å². The molecule has 0 unspecified atom stereocenters. The number of hydrogen-bond acceptors (Lipinski definition) is 8. The first-order valence-electron chi connectivity index (χ1n) is 8.00. The molecule has 25 heavy (non-hydrogen) atoms. The van der Waals surface area contributed by atoms with Gasteiger partial charge in [-0.25, -0.2) is 0 Å². The van der Waals surface area contributed by atoms with Crippen molar-refractivity contribution < 1.29 is 42.1 Å². The second-order valence-corrected chi connectivity index (χ2v) is 6.03. The van der Waals surface area contributed by atoms with Crippen LogP contribution < -0.4 is 20.4 Å². The molecule has 0 heterocycles. The molecule has 0 spiro atoms. The quantitative estimate of drug-likeness (QED) is 0.377. The van der Waals surface area contributed by atoms with Crippen LogP contribution in [0.1, 0.15) is 0 Å². The third-order valence-electron chi connectivity index (χ3n) is 2.15. The van der Waals surface area contributed by atoms with Gasteiger partial charge in [0.15, 0.2) is 0 Å². The van der Waals surface area contributed by atoms with Gasteiger partial charge in [0.2, 0.25) is 0 Å². The van der Waals surface area contributed by atoms with Crippen LogP contribution in [-0.4, -0.2) is 129 Å². The Balaban J connectivity index is -0.0000000702. The molecule has 0 aliphatic heterocycles. The summed E-state index contributed by atoms with van der Waals surface area (Å²) < 4.78 is 0. The SMILES string of the molecule is CN(C)CC[O-].CN(C)CC[O-].CN(C)CC[O-].CN(C)CC[O-].[Ti+4]. The first-order chi connectivity index (χ1) is 11.1. The van der Waals surface area contributed by atoms with E-state index in [9.17, 15) is 20.4 Å². The Labute approximate surface area is 170 Å². The second kappa shape index (κ2) is 32.1. The topological polar surface area (TPSA) is 105 Å². The van der Waals surface area contributed by atoms with Crippen LogP contribution in [0.25, 0.3) is 0 Å². The Hall–Kier alpha value is 0.394. The van der Waals surface area contributed by atoms with Crippen LogP contribution in [0.3, 0.4) is 0 Å². The zero-order chi connectivity index (χ0) is 20.0. The summed E-state index contributed by atoms with van der Waals surface area (Å²) >= 11 is 0. The van der Waals surface area contributed by atoms with Gasteiger partial charge in [0.1, 0.15) is 0 Å². The number of nitrogens with zero attached hydrogens (tertiary/aromatic N) is 4. The Bertz CT molecular complexity index is 161. The van der Waals surface area contributed by atoms with Crippen molar-refractivity contribution in [3.05, 3.63) is 0 Å². The maximum Gasteiger partial charge on any atom is 4.00 e. The summed E-state index contributed by atoms with van der Waals surface area (Å²) in [5, 5.41) is 38.8. The van der Waals surface area contributed by atoms with Crippen LogP contribution in [-0.2, 0) is 21.7 Å². The van der Waals surface area contributed by atoms with E-state index in [4.69, 9.17) is 0 Å². The van der Waals surface area contributed by atoms with Crippen LogP contribution in [0.5, 0.6) is 0 Å². The molecule has 152 valence electrons. The van der Waals surface area contributed by atoms with Crippen molar-refractivity contribution in [2.24, 2.45) is 0 Å². The van der Waals surface area contributed by atoms with E-state index in [1.165, 1.54) is 0 Å². The second-order valence-electron chi connectivity index (χ2n) is 6.03. The molecule has 9 heteroatoms. The molecule has 0 saturated carbocycles. The Kier molecular flexibility index (Phi) is 46.6. The van der Waals surface area contributed by atoms with Crippen molar-refractivity contribution in [1.82, 2.24) is 19.6 Å². The smallest absolute Gasteiger partial charge is 0.854 e. The maximum atomic E-state index is 9.70. The van der Waals surface area contributed by atoms with Gasteiger partial charge in [0.05, 0.1) is 0 Å². The van der Waals surface area contributed by atoms with E-state index in [1.54, 1.807) is 0 Å². The average molecular weight is 400 g/mol. The largest absolute Gasteiger partial charge is 4.00 e. The normalized spacial score (nSPS) is 9.60. The monoisotopic (exact) mass is 400 g/mol. The molecule has 0 N–H and O–H groups in total. The molecular weight excluding hydrogens is 360 g/mol. The van der Waals surface area contributed by atoms with Crippen LogP contribution in [0.15, 0.2) is 0 Å². The van der Waals surface area contributed by atoms with Crippen LogP contribution in [0.4, 0.5) is 0 Å². The summed E-state index contributed by atoms with van der Waals surface area (Å²) in [5.74, 6) is 0. The molecule has 0 aromatic rings. The van der Waals surface area contributed by atoms with Gasteiger partial charge < -0.3 is 40.0 Å². The minimum atomic E-state index is 0. The summed E-state index contributed by atoms with van der Waals surface area (Å²) in [7, 11) is 15.1. The zero-order valence-corrected chi connectivity index (χ0v) is 19.1. The molecule has 0 amide bonds. The summed E-state index contributed by atoms with van der Waals surface area (Å²) in [6.07, 6.45) is 0. The fourth-order valence-electron chi connectivity index (χ4n) is 0.730. The molecule has 0 fully saturated rings. The van der Waals surface area contributed by atoms with Crippen molar-refractivity contribution in [3.63, 3.8) is 0 Å². The van der Waals surface area contributed by atoms with Crippen LogP contribution >= 0.6 is 0 Å². The van der Waals surface area contributed by atoms with Crippen molar-refractivity contribution in [3.8, 4) is 0 Å². The number of hydrogen-bond donors (Lipinski definition) is 0. The van der Waals surface area contributed by atoms with E-state index in [0.717, 1.165) is 0 Å². The standard InChI is InChI=1S/4C4H10NO.Ti/c4*1-5(2)3-4-6;/h4*3-4H2,1-2H3;/q4*-1;+4. The molecule has 0 bridgehead atoms. The molecule has 0 saturated heterocycles. The fourth-order valence-corrected chi connectivity index (χ4v) is 0.730. The first kappa shape index (κ1) is 36.3. The molecule has 0 aliphatic rings. The van der Waals surface area contributed by atoms with Crippen molar-refractivity contribution >= 4 is 0 Å². The number of likely N-dealkylation sites (N-methyl/N-ethyl adjacent to an activating group) is 4. The van der Waals surface area contributed by atoms with Gasteiger partial charge in [-0.2, -0.15) is 0 Å². The van der Waals surface area contributed by atoms with Gasteiger partial charge in [0, 0.05) is 0 Å².